The van der Waals surface area contributed by atoms with Gasteiger partial charge in [-0.25, -0.2) is 4.98 Å². The third-order valence-electron chi connectivity index (χ3n) is 11.6. The average Bonchev–Trinajstić information content (AvgIpc) is 3.46. The zero-order valence-corrected chi connectivity index (χ0v) is 41.2. The number of nitrogens with zero attached hydrogens (tertiary/aromatic N) is 3. The highest BCUT2D eigenvalue weighted by Crippen LogP contribution is 2.41. The van der Waals surface area contributed by atoms with Crippen molar-refractivity contribution in [2.75, 3.05) is 18.1 Å². The molecule has 0 spiro atoms. The predicted molar refractivity (Wildman–Crippen MR) is 273 cm³/mol. The molecule has 0 unspecified atom stereocenters. The maximum Gasteiger partial charge on any atom is 0.145 e. The van der Waals surface area contributed by atoms with Crippen LogP contribution >= 0.6 is 0 Å². The van der Waals surface area contributed by atoms with Crippen molar-refractivity contribution in [3.05, 3.63) is 108 Å². The molecule has 0 aromatic carbocycles. The van der Waals surface area contributed by atoms with Gasteiger partial charge in [0.25, 0.3) is 0 Å². The number of nitrogens with two attached hydrogens (primary N) is 1. The molecule has 1 aromatic heterocycles. The van der Waals surface area contributed by atoms with Crippen molar-refractivity contribution in [3.8, 4) is 6.07 Å². The average molecular weight is 847 g/mol. The Hall–Kier alpha value is -3.88. The van der Waals surface area contributed by atoms with Crippen LogP contribution in [-0.4, -0.2) is 18.1 Å². The molecule has 0 radical (unpaired) electrons. The minimum Gasteiger partial charge on any atom is -0.494 e. The Balaban J connectivity index is 2.04. The van der Waals surface area contributed by atoms with E-state index in [1.165, 1.54) is 115 Å². The minimum absolute atomic E-state index is 0.0291. The molecule has 0 fully saturated rings. The van der Waals surface area contributed by atoms with Crippen LogP contribution in [0.2, 0.25) is 0 Å². The molecule has 62 heavy (non-hydrogen) atoms. The smallest absolute Gasteiger partial charge is 0.145 e. The molecule has 5 heteroatoms. The van der Waals surface area contributed by atoms with Crippen LogP contribution in [0.3, 0.4) is 0 Å². The molecular weight excluding hydrogens is 757 g/mol. The Bertz CT molecular complexity index is 1690. The molecule has 5 nitrogen and oxygen atoms in total. The van der Waals surface area contributed by atoms with Gasteiger partial charge in [0.1, 0.15) is 11.6 Å². The zero-order chi connectivity index (χ0) is 45.8. The lowest BCUT2D eigenvalue weighted by Gasteiger charge is -2.36. The first kappa shape index (κ1) is 54.3. The fourth-order valence-electron chi connectivity index (χ4n) is 8.43. The van der Waals surface area contributed by atoms with Gasteiger partial charge in [0.2, 0.25) is 0 Å². The van der Waals surface area contributed by atoms with E-state index < -0.39 is 0 Å². The zero-order valence-electron chi connectivity index (χ0n) is 41.2. The summed E-state index contributed by atoms with van der Waals surface area (Å²) in [5, 5.41) is 9.75. The molecular formula is C57H90N4O. The van der Waals surface area contributed by atoms with Crippen LogP contribution in [0, 0.1) is 22.2 Å². The summed E-state index contributed by atoms with van der Waals surface area (Å²) in [5.74, 6) is 1.69. The van der Waals surface area contributed by atoms with Crippen molar-refractivity contribution in [2.24, 2.45) is 16.6 Å². The third kappa shape index (κ3) is 22.0. The molecule has 2 N–H and O–H groups in total. The van der Waals surface area contributed by atoms with E-state index in [-0.39, 0.29) is 10.8 Å². The summed E-state index contributed by atoms with van der Waals surface area (Å²) in [6.45, 7) is 32.8. The van der Waals surface area contributed by atoms with E-state index in [9.17, 15) is 5.26 Å². The van der Waals surface area contributed by atoms with E-state index >= 15 is 0 Å². The fourth-order valence-corrected chi connectivity index (χ4v) is 8.43. The van der Waals surface area contributed by atoms with Crippen molar-refractivity contribution in [3.63, 3.8) is 0 Å². The number of ether oxygens (including phenoxy) is 1. The molecule has 0 atom stereocenters. The van der Waals surface area contributed by atoms with Crippen molar-refractivity contribution < 1.29 is 4.74 Å². The van der Waals surface area contributed by atoms with Gasteiger partial charge in [-0.3, -0.25) is 0 Å². The molecule has 0 saturated heterocycles. The van der Waals surface area contributed by atoms with E-state index in [1.54, 1.807) is 0 Å². The normalized spacial score (nSPS) is 13.6. The van der Waals surface area contributed by atoms with Crippen LogP contribution in [0.1, 0.15) is 213 Å². The Kier molecular flexibility index (Phi) is 26.5. The van der Waals surface area contributed by atoms with Crippen molar-refractivity contribution in [1.29, 1.82) is 5.26 Å². The van der Waals surface area contributed by atoms with Crippen molar-refractivity contribution in [2.45, 2.75) is 203 Å². The van der Waals surface area contributed by atoms with E-state index in [4.69, 9.17) is 15.5 Å². The van der Waals surface area contributed by atoms with E-state index in [0.717, 1.165) is 96.1 Å². The Morgan fingerprint density at radius 3 is 1.74 bits per heavy atom. The van der Waals surface area contributed by atoms with E-state index in [0.29, 0.717) is 6.42 Å². The molecule has 0 amide bonds. The molecule has 0 bridgehead atoms. The number of aromatic nitrogens is 1. The summed E-state index contributed by atoms with van der Waals surface area (Å²) in [6.07, 6.45) is 44.5. The fraction of sp³-hybridized carbons (Fsp3) is 0.614. The third-order valence-corrected chi connectivity index (χ3v) is 11.6. The summed E-state index contributed by atoms with van der Waals surface area (Å²) >= 11 is 0. The lowest BCUT2D eigenvalue weighted by atomic mass is 9.87. The standard InChI is InChI=1S/C57H90N4O/c1-12-51(62-41-31-29-27-25-23-21-19-17-15-14-16-18-20-22-24-26-28-30-40-58)37-32-34-46(3)53-45-60-55(54(52(53)13-2)50-36-33-35-49(44-59)38-39-50)61(47(4)42-56(6,7)8)48(5)43-57(9,10)11/h12,33-34,36-39,45H,1,4-5,13-32,35,40-43,58H2,2-3,6-11H3/b46-34+,51-37+. The van der Waals surface area contributed by atoms with Crippen molar-refractivity contribution in [1.82, 2.24) is 4.98 Å². The monoisotopic (exact) mass is 847 g/mol. The number of hydrogen-bond donors (Lipinski definition) is 1. The SMILES string of the molecule is C=C/C(=C\C/C=C(\C)c1cnc(N(C(=C)CC(C)(C)C)C(=C)CC(C)(C)C)c(C2=CC=C(C#N)CC=C2)c1CC)OCCCCCCCCCCCCCCCCCCCCN. The largest absolute Gasteiger partial charge is 0.494 e. The van der Waals surface area contributed by atoms with Gasteiger partial charge in [0.15, 0.2) is 0 Å². The summed E-state index contributed by atoms with van der Waals surface area (Å²) in [5.41, 5.74) is 14.0. The second kappa shape index (κ2) is 30.2. The van der Waals surface area contributed by atoms with Gasteiger partial charge in [0.05, 0.1) is 12.7 Å². The molecule has 2 rings (SSSR count). The first-order valence-electron chi connectivity index (χ1n) is 24.6. The summed E-state index contributed by atoms with van der Waals surface area (Å²) < 4.78 is 6.17. The van der Waals surface area contributed by atoms with Gasteiger partial charge >= 0.3 is 0 Å². The molecule has 1 heterocycles. The van der Waals surface area contributed by atoms with Crippen LogP contribution in [0.25, 0.3) is 11.1 Å². The number of rotatable bonds is 32. The van der Waals surface area contributed by atoms with Crippen LogP contribution in [0.5, 0.6) is 0 Å². The lowest BCUT2D eigenvalue weighted by molar-refractivity contribution is 0.216. The Morgan fingerprint density at radius 1 is 0.790 bits per heavy atom. The topological polar surface area (TPSA) is 75.2 Å². The molecule has 0 saturated carbocycles. The molecule has 1 aliphatic carbocycles. The quantitative estimate of drug-likeness (QED) is 0.0444. The van der Waals surface area contributed by atoms with Gasteiger partial charge in [-0.2, -0.15) is 5.26 Å². The number of hydrogen-bond acceptors (Lipinski definition) is 5. The Morgan fingerprint density at radius 2 is 1.29 bits per heavy atom. The van der Waals surface area contributed by atoms with Crippen LogP contribution in [0.4, 0.5) is 5.82 Å². The summed E-state index contributed by atoms with van der Waals surface area (Å²) in [6, 6.07) is 2.36. The maximum atomic E-state index is 9.75. The van der Waals surface area contributed by atoms with Gasteiger partial charge in [-0.05, 0) is 103 Å². The second-order valence-electron chi connectivity index (χ2n) is 20.1. The van der Waals surface area contributed by atoms with E-state index in [2.05, 4.69) is 116 Å². The summed E-state index contributed by atoms with van der Waals surface area (Å²) in [7, 11) is 0. The second-order valence-corrected chi connectivity index (χ2v) is 20.1. The highest BCUT2D eigenvalue weighted by molar-refractivity contribution is 5.88. The van der Waals surface area contributed by atoms with Gasteiger partial charge < -0.3 is 15.4 Å². The van der Waals surface area contributed by atoms with Crippen LogP contribution in [0.15, 0.2) is 91.2 Å². The number of anilines is 1. The Labute approximate surface area is 382 Å². The number of allylic oxidation sites excluding steroid dienone is 12. The van der Waals surface area contributed by atoms with Crippen LogP contribution < -0.4 is 10.6 Å². The molecule has 1 aromatic rings. The van der Waals surface area contributed by atoms with Crippen molar-refractivity contribution >= 4 is 17.0 Å². The molecule has 1 aliphatic rings. The van der Waals surface area contributed by atoms with Gasteiger partial charge in [-0.15, -0.1) is 0 Å². The first-order chi connectivity index (χ1) is 29.6. The molecule has 344 valence electrons. The lowest BCUT2D eigenvalue weighted by Crippen LogP contribution is -2.28. The van der Waals surface area contributed by atoms with Gasteiger partial charge in [-0.1, -0.05) is 195 Å². The summed E-state index contributed by atoms with van der Waals surface area (Å²) in [4.78, 5) is 7.49. The number of pyridine rings is 1. The minimum atomic E-state index is 0.0291. The number of unbranched alkanes of at least 4 members (excludes halogenated alkanes) is 17. The van der Waals surface area contributed by atoms with Crippen LogP contribution in [-0.2, 0) is 11.2 Å². The predicted octanol–water partition coefficient (Wildman–Crippen LogP) is 17.0. The van der Waals surface area contributed by atoms with Gasteiger partial charge in [0, 0.05) is 35.1 Å². The highest BCUT2D eigenvalue weighted by atomic mass is 16.5. The van der Waals surface area contributed by atoms with E-state index in [1.807, 2.05) is 18.3 Å². The highest BCUT2D eigenvalue weighted by Gasteiger charge is 2.28. The maximum absolute atomic E-state index is 9.75. The number of nitriles is 1. The molecule has 0 aliphatic heterocycles. The first-order valence-corrected chi connectivity index (χ1v) is 24.6.